The summed E-state index contributed by atoms with van der Waals surface area (Å²) in [5, 5.41) is 0. The maximum atomic E-state index is 2.50. The van der Waals surface area contributed by atoms with Crippen molar-refractivity contribution in [2.24, 2.45) is 5.92 Å². The summed E-state index contributed by atoms with van der Waals surface area (Å²) in [6.45, 7) is 4.64. The first kappa shape index (κ1) is 11.8. The van der Waals surface area contributed by atoms with Gasteiger partial charge in [-0.25, -0.2) is 0 Å². The van der Waals surface area contributed by atoms with E-state index in [-0.39, 0.29) is 0 Å². The van der Waals surface area contributed by atoms with Crippen molar-refractivity contribution >= 4 is 19.8 Å². The van der Waals surface area contributed by atoms with Crippen LogP contribution in [0.25, 0.3) is 0 Å². The molecule has 0 spiro atoms. The summed E-state index contributed by atoms with van der Waals surface area (Å²) in [5.74, 6) is 0.913. The van der Waals surface area contributed by atoms with Crippen LogP contribution in [0.1, 0.15) is 39.5 Å². The molecule has 0 amide bonds. The van der Waals surface area contributed by atoms with Crippen molar-refractivity contribution in [2.45, 2.75) is 53.8 Å². The van der Waals surface area contributed by atoms with E-state index in [0.29, 0.717) is 0 Å². The molecule has 0 aliphatic heterocycles. The Morgan fingerprint density at radius 3 is 2.09 bits per heavy atom. The van der Waals surface area contributed by atoms with Gasteiger partial charge in [0.1, 0.15) is 0 Å². The average Bonchev–Trinajstić information content (AvgIpc) is 1.85. The molecule has 0 aromatic carbocycles. The van der Waals surface area contributed by atoms with Crippen LogP contribution in [0.5, 0.6) is 0 Å². The summed E-state index contributed by atoms with van der Waals surface area (Å²) in [7, 11) is 0. The fraction of sp³-hybridized carbons (Fsp3) is 1.00. The second-order valence-electron chi connectivity index (χ2n) is 4.20. The zero-order chi connectivity index (χ0) is 8.69. The van der Waals surface area contributed by atoms with Gasteiger partial charge in [-0.1, -0.05) is 0 Å². The zero-order valence-electron chi connectivity index (χ0n) is 8.61. The van der Waals surface area contributed by atoms with E-state index >= 15 is 0 Å². The van der Waals surface area contributed by atoms with Crippen LogP contribution >= 0.6 is 0 Å². The van der Waals surface area contributed by atoms with Gasteiger partial charge in [-0.15, -0.1) is 0 Å². The van der Waals surface area contributed by atoms with E-state index in [1.54, 1.807) is 4.44 Å². The number of rotatable bonds is 6. The van der Waals surface area contributed by atoms with Crippen LogP contribution in [0.2, 0.25) is 14.3 Å². The zero-order valence-corrected chi connectivity index (χ0v) is 11.5. The summed E-state index contributed by atoms with van der Waals surface area (Å²) < 4.78 is 1.61. The molecule has 0 saturated heterocycles. The molecule has 0 aliphatic rings. The van der Waals surface area contributed by atoms with E-state index < -0.39 is 19.8 Å². The van der Waals surface area contributed by atoms with Gasteiger partial charge in [-0.05, 0) is 0 Å². The molecule has 1 radical (unpaired) electrons. The van der Waals surface area contributed by atoms with Crippen molar-refractivity contribution in [1.82, 2.24) is 0 Å². The van der Waals surface area contributed by atoms with Crippen LogP contribution in [0.4, 0.5) is 0 Å². The molecule has 0 saturated carbocycles. The first-order valence-corrected chi connectivity index (χ1v) is 12.6. The Kier molecular flexibility index (Phi) is 7.99. The van der Waals surface area contributed by atoms with Crippen molar-refractivity contribution in [3.05, 3.63) is 0 Å². The third-order valence-electron chi connectivity index (χ3n) is 1.96. The van der Waals surface area contributed by atoms with E-state index in [9.17, 15) is 0 Å². The van der Waals surface area contributed by atoms with Crippen LogP contribution in [0.3, 0.4) is 0 Å². The van der Waals surface area contributed by atoms with E-state index in [1.165, 1.54) is 25.7 Å². The molecule has 0 N–H and O–H groups in total. The van der Waals surface area contributed by atoms with E-state index in [1.807, 2.05) is 0 Å². The Balaban J connectivity index is 2.91. The van der Waals surface area contributed by atoms with Gasteiger partial charge in [0.15, 0.2) is 0 Å². The molecule has 67 valence electrons. The molecule has 0 nitrogen and oxygen atoms in total. The maximum absolute atomic E-state index is 2.50. The van der Waals surface area contributed by atoms with Gasteiger partial charge in [-0.2, -0.15) is 0 Å². The van der Waals surface area contributed by atoms with Crippen molar-refractivity contribution < 1.29 is 0 Å². The first-order valence-electron chi connectivity index (χ1n) is 4.92. The Bertz CT molecular complexity index is 66.9. The van der Waals surface area contributed by atoms with Gasteiger partial charge in [0, 0.05) is 0 Å². The molecule has 0 aromatic heterocycles. The predicted octanol–water partition coefficient (Wildman–Crippen LogP) is 3.96. The number of hydrogen-bond donors (Lipinski definition) is 0. The van der Waals surface area contributed by atoms with Crippen LogP contribution in [-0.2, 0) is 0 Å². The van der Waals surface area contributed by atoms with Crippen LogP contribution in [-0.4, -0.2) is 19.8 Å². The molecule has 0 aliphatic carbocycles. The molecule has 0 bridgehead atoms. The van der Waals surface area contributed by atoms with Crippen molar-refractivity contribution in [3.8, 4) is 0 Å². The normalized spacial score (nSPS) is 11.5. The number of unbranched alkanes of at least 4 members (excludes halogenated alkanes) is 2. The molecule has 1 heteroatoms. The van der Waals surface area contributed by atoms with Crippen LogP contribution in [0.15, 0.2) is 0 Å². The molecular formula is C10H23Sn. The van der Waals surface area contributed by atoms with Crippen molar-refractivity contribution in [3.63, 3.8) is 0 Å². The van der Waals surface area contributed by atoms with E-state index in [0.717, 1.165) is 5.92 Å². The Hall–Kier alpha value is 0.799. The topological polar surface area (TPSA) is 0 Å². The fourth-order valence-electron chi connectivity index (χ4n) is 1.21. The number of hydrogen-bond acceptors (Lipinski definition) is 0. The van der Waals surface area contributed by atoms with E-state index in [4.69, 9.17) is 0 Å². The Morgan fingerprint density at radius 2 is 1.64 bits per heavy atom. The van der Waals surface area contributed by atoms with Crippen LogP contribution < -0.4 is 0 Å². The molecule has 0 unspecified atom stereocenters. The average molecular weight is 262 g/mol. The van der Waals surface area contributed by atoms with Gasteiger partial charge in [-0.3, -0.25) is 0 Å². The molecule has 0 atom stereocenters. The second kappa shape index (κ2) is 7.45. The Labute approximate surface area is 79.5 Å². The van der Waals surface area contributed by atoms with Gasteiger partial charge in [0.05, 0.1) is 0 Å². The molecular weight excluding hydrogens is 239 g/mol. The molecule has 11 heavy (non-hydrogen) atoms. The first-order chi connectivity index (χ1) is 5.13. The van der Waals surface area contributed by atoms with Crippen molar-refractivity contribution in [2.75, 3.05) is 0 Å². The standard InChI is InChI=1S/C8H17.2CH3.Sn/c1-4-5-6-7-8(2)3;;;/h8H,1,4-7H2,2-3H3;2*1H3;. The second-order valence-corrected chi connectivity index (χ2v) is 12.5. The van der Waals surface area contributed by atoms with Gasteiger partial charge in [0.25, 0.3) is 0 Å². The van der Waals surface area contributed by atoms with Gasteiger partial charge in [0.2, 0.25) is 0 Å². The van der Waals surface area contributed by atoms with Crippen molar-refractivity contribution in [1.29, 1.82) is 0 Å². The van der Waals surface area contributed by atoms with Gasteiger partial charge >= 0.3 is 79.5 Å². The summed E-state index contributed by atoms with van der Waals surface area (Å²) in [4.78, 5) is 5.01. The summed E-state index contributed by atoms with van der Waals surface area (Å²) >= 11 is -0.710. The van der Waals surface area contributed by atoms with E-state index in [2.05, 4.69) is 23.7 Å². The Morgan fingerprint density at radius 1 is 1.00 bits per heavy atom. The molecule has 0 rings (SSSR count). The minimum absolute atomic E-state index is 0.710. The third kappa shape index (κ3) is 10.8. The fourth-order valence-corrected chi connectivity index (χ4v) is 3.94. The van der Waals surface area contributed by atoms with Gasteiger partial charge < -0.3 is 0 Å². The summed E-state index contributed by atoms with van der Waals surface area (Å²) in [5.41, 5.74) is 0. The quantitative estimate of drug-likeness (QED) is 0.502. The summed E-state index contributed by atoms with van der Waals surface area (Å²) in [6, 6.07) is 0. The molecule has 0 heterocycles. The SMILES string of the molecule is CC(C)CCCC[CH2][Sn]([CH3])[CH3]. The third-order valence-corrected chi connectivity index (χ3v) is 5.82. The monoisotopic (exact) mass is 263 g/mol. The molecule has 0 fully saturated rings. The van der Waals surface area contributed by atoms with Crippen LogP contribution in [0, 0.1) is 5.92 Å². The summed E-state index contributed by atoms with van der Waals surface area (Å²) in [6.07, 6.45) is 5.92. The minimum atomic E-state index is -0.710. The predicted molar refractivity (Wildman–Crippen MR) is 55.6 cm³/mol. The molecule has 0 aromatic rings.